The summed E-state index contributed by atoms with van der Waals surface area (Å²) in [6.45, 7) is 0. The average molecular weight is 348 g/mol. The summed E-state index contributed by atoms with van der Waals surface area (Å²) in [7, 11) is 0. The quantitative estimate of drug-likeness (QED) is 0.425. The monoisotopic (exact) mass is 348 g/mol. The van der Waals surface area contributed by atoms with E-state index in [-0.39, 0.29) is 0 Å². The first-order valence-corrected chi connectivity index (χ1v) is 10.1. The lowest BCUT2D eigenvalue weighted by Crippen LogP contribution is -2.08. The molecule has 2 heteroatoms. The summed E-state index contributed by atoms with van der Waals surface area (Å²) in [4.78, 5) is 10.1. The fraction of sp³-hybridized carbons (Fsp3) is 0.280. The Morgan fingerprint density at radius 3 is 1.63 bits per heavy atom. The van der Waals surface area contributed by atoms with Gasteiger partial charge in [-0.3, -0.25) is 9.97 Å². The van der Waals surface area contributed by atoms with Crippen LogP contribution in [0.1, 0.15) is 40.8 Å². The molecule has 0 amide bonds. The Bertz CT molecular complexity index is 1140. The number of aromatic nitrogens is 2. The third-order valence-corrected chi connectivity index (χ3v) is 7.31. The maximum absolute atomic E-state index is 5.04. The normalized spacial score (nSPS) is 27.6. The first kappa shape index (κ1) is 14.3. The van der Waals surface area contributed by atoms with E-state index in [0.717, 1.165) is 35.7 Å². The van der Waals surface area contributed by atoms with Gasteiger partial charge in [-0.25, -0.2) is 0 Å². The number of para-hydroxylation sites is 2. The van der Waals surface area contributed by atoms with Crippen molar-refractivity contribution < 1.29 is 0 Å². The van der Waals surface area contributed by atoms with Crippen LogP contribution in [0.4, 0.5) is 0 Å². The number of benzene rings is 2. The van der Waals surface area contributed by atoms with Gasteiger partial charge in [0.1, 0.15) is 0 Å². The predicted molar refractivity (Wildman–Crippen MR) is 108 cm³/mol. The topological polar surface area (TPSA) is 25.8 Å². The van der Waals surface area contributed by atoms with Gasteiger partial charge in [-0.15, -0.1) is 0 Å². The highest BCUT2D eigenvalue weighted by molar-refractivity contribution is 5.81. The summed E-state index contributed by atoms with van der Waals surface area (Å²) >= 11 is 0. The van der Waals surface area contributed by atoms with Gasteiger partial charge in [0.15, 0.2) is 0 Å². The summed E-state index contributed by atoms with van der Waals surface area (Å²) < 4.78 is 0. The van der Waals surface area contributed by atoms with Crippen molar-refractivity contribution in [1.82, 2.24) is 9.97 Å². The van der Waals surface area contributed by atoms with Crippen LogP contribution in [-0.4, -0.2) is 9.97 Å². The van der Waals surface area contributed by atoms with Crippen molar-refractivity contribution in [2.75, 3.05) is 0 Å². The van der Waals surface area contributed by atoms with Crippen molar-refractivity contribution in [3.8, 4) is 0 Å². The maximum atomic E-state index is 5.04. The Kier molecular flexibility index (Phi) is 2.63. The summed E-state index contributed by atoms with van der Waals surface area (Å²) in [5.41, 5.74) is 8.03. The van der Waals surface area contributed by atoms with E-state index in [9.17, 15) is 0 Å². The number of nitrogens with zero attached hydrogens (tertiary/aromatic N) is 2. The Morgan fingerprint density at radius 2 is 1.11 bits per heavy atom. The third-order valence-electron chi connectivity index (χ3n) is 7.31. The number of hydrogen-bond acceptors (Lipinski definition) is 2. The van der Waals surface area contributed by atoms with E-state index in [0.29, 0.717) is 11.8 Å². The van der Waals surface area contributed by atoms with E-state index in [2.05, 4.69) is 60.7 Å². The molecule has 27 heavy (non-hydrogen) atoms. The van der Waals surface area contributed by atoms with E-state index in [4.69, 9.17) is 9.97 Å². The van der Waals surface area contributed by atoms with Crippen LogP contribution in [0.15, 0.2) is 60.7 Å². The summed E-state index contributed by atoms with van der Waals surface area (Å²) in [6, 6.07) is 22.0. The lowest BCUT2D eigenvalue weighted by atomic mass is 9.83. The number of pyridine rings is 2. The Balaban J connectivity index is 1.41. The predicted octanol–water partition coefficient (Wildman–Crippen LogP) is 5.40. The van der Waals surface area contributed by atoms with Crippen LogP contribution in [0.25, 0.3) is 21.8 Å². The van der Waals surface area contributed by atoms with Gasteiger partial charge < -0.3 is 0 Å². The molecular weight excluding hydrogens is 328 g/mol. The van der Waals surface area contributed by atoms with E-state index >= 15 is 0 Å². The summed E-state index contributed by atoms with van der Waals surface area (Å²) in [5.74, 6) is 2.79. The molecule has 0 bridgehead atoms. The van der Waals surface area contributed by atoms with Crippen LogP contribution in [-0.2, 0) is 12.8 Å². The second kappa shape index (κ2) is 4.95. The van der Waals surface area contributed by atoms with Crippen LogP contribution in [0.3, 0.4) is 0 Å². The van der Waals surface area contributed by atoms with Crippen molar-refractivity contribution in [2.45, 2.75) is 31.1 Å². The SMILES string of the molecule is c1ccc2nc3c(cc2c1)[C@@H]1[C@H](C3)C[C@@H]2Cc3nc4ccccc4cc3[C@@H]21. The lowest BCUT2D eigenvalue weighted by molar-refractivity contribution is 0.490. The van der Waals surface area contributed by atoms with Gasteiger partial charge in [0.2, 0.25) is 0 Å². The zero-order valence-electron chi connectivity index (χ0n) is 15.1. The molecule has 0 radical (unpaired) electrons. The third kappa shape index (κ3) is 1.86. The molecule has 2 heterocycles. The average Bonchev–Trinajstić information content (AvgIpc) is 3.31. The van der Waals surface area contributed by atoms with Crippen molar-refractivity contribution in [3.05, 3.63) is 83.2 Å². The molecule has 0 unspecified atom stereocenters. The zero-order valence-corrected chi connectivity index (χ0v) is 15.1. The van der Waals surface area contributed by atoms with Gasteiger partial charge in [0.25, 0.3) is 0 Å². The Hall–Kier alpha value is -2.74. The standard InChI is InChI=1S/C25H20N2/c1-3-7-20-14(5-1)10-18-22(26-20)12-16-9-17-13-23-19(25(17)24(16)18)11-15-6-2-4-8-21(15)27-23/h1-8,10-11,16-17,24-25H,9,12-13H2/t16-,17+,24-,25+. The molecule has 0 spiro atoms. The van der Waals surface area contributed by atoms with Crippen LogP contribution >= 0.6 is 0 Å². The first-order chi connectivity index (χ1) is 13.3. The molecule has 2 nitrogen and oxygen atoms in total. The van der Waals surface area contributed by atoms with E-state index in [1.165, 1.54) is 39.7 Å². The molecule has 1 fully saturated rings. The van der Waals surface area contributed by atoms with Gasteiger partial charge in [-0.1, -0.05) is 36.4 Å². The number of fused-ring (bicyclic) bond motifs is 9. The maximum Gasteiger partial charge on any atom is 0.0705 e. The molecule has 4 aromatic rings. The highest BCUT2D eigenvalue weighted by atomic mass is 14.8. The molecule has 3 aliphatic rings. The summed E-state index contributed by atoms with van der Waals surface area (Å²) in [5, 5.41) is 2.57. The molecule has 7 rings (SSSR count). The van der Waals surface area contributed by atoms with Crippen molar-refractivity contribution >= 4 is 21.8 Å². The van der Waals surface area contributed by atoms with Gasteiger partial charge in [0, 0.05) is 22.2 Å². The Morgan fingerprint density at radius 1 is 0.630 bits per heavy atom. The van der Waals surface area contributed by atoms with Crippen molar-refractivity contribution in [1.29, 1.82) is 0 Å². The van der Waals surface area contributed by atoms with E-state index in [1.807, 2.05) is 0 Å². The highest BCUT2D eigenvalue weighted by Gasteiger charge is 2.52. The summed E-state index contributed by atoms with van der Waals surface area (Å²) in [6.07, 6.45) is 3.65. The minimum absolute atomic E-state index is 0.631. The van der Waals surface area contributed by atoms with Gasteiger partial charge in [0.05, 0.1) is 11.0 Å². The molecule has 3 aliphatic carbocycles. The molecule has 4 atom stereocenters. The second-order valence-electron chi connectivity index (χ2n) is 8.65. The number of hydrogen-bond donors (Lipinski definition) is 0. The molecule has 0 N–H and O–H groups in total. The van der Waals surface area contributed by atoms with Crippen LogP contribution in [0, 0.1) is 11.8 Å². The minimum atomic E-state index is 0.631. The van der Waals surface area contributed by atoms with Crippen molar-refractivity contribution in [2.24, 2.45) is 11.8 Å². The second-order valence-corrected chi connectivity index (χ2v) is 8.65. The fourth-order valence-electron chi connectivity index (χ4n) is 6.33. The molecule has 2 aromatic carbocycles. The molecule has 0 aliphatic heterocycles. The van der Waals surface area contributed by atoms with Crippen LogP contribution in [0.2, 0.25) is 0 Å². The highest BCUT2D eigenvalue weighted by Crippen LogP contribution is 2.62. The van der Waals surface area contributed by atoms with E-state index in [1.54, 1.807) is 0 Å². The molecule has 0 saturated heterocycles. The molecule has 1 saturated carbocycles. The van der Waals surface area contributed by atoms with Crippen LogP contribution in [0.5, 0.6) is 0 Å². The van der Waals surface area contributed by atoms with Gasteiger partial charge in [-0.05, 0) is 78.3 Å². The molecular formula is C25H20N2. The van der Waals surface area contributed by atoms with E-state index < -0.39 is 0 Å². The minimum Gasteiger partial charge on any atom is -0.253 e. The lowest BCUT2D eigenvalue weighted by Gasteiger charge is -2.20. The van der Waals surface area contributed by atoms with Crippen LogP contribution < -0.4 is 0 Å². The number of rotatable bonds is 0. The largest absolute Gasteiger partial charge is 0.253 e. The Labute approximate surface area is 158 Å². The molecule has 130 valence electrons. The fourth-order valence-corrected chi connectivity index (χ4v) is 6.33. The first-order valence-electron chi connectivity index (χ1n) is 10.1. The zero-order chi connectivity index (χ0) is 17.5. The van der Waals surface area contributed by atoms with Gasteiger partial charge >= 0.3 is 0 Å². The van der Waals surface area contributed by atoms with Gasteiger partial charge in [-0.2, -0.15) is 0 Å². The van der Waals surface area contributed by atoms with Crippen molar-refractivity contribution in [3.63, 3.8) is 0 Å². The smallest absolute Gasteiger partial charge is 0.0705 e. The molecule has 2 aromatic heterocycles.